The molecule has 0 saturated carbocycles. The molecule has 0 aliphatic heterocycles. The standard InChI is InChI=1S/C7H14N3OPS/c1-3-5-13-10-6-8-7(9-10)12-11-4-2/h6,12H,3-5H2,1-2H3. The Bertz CT molecular complexity index is 221. The molecule has 0 spiro atoms. The van der Waals surface area contributed by atoms with Gasteiger partial charge < -0.3 is 4.52 Å². The van der Waals surface area contributed by atoms with Gasteiger partial charge in [0.1, 0.15) is 6.33 Å². The van der Waals surface area contributed by atoms with Crippen molar-refractivity contribution < 1.29 is 4.52 Å². The lowest BCUT2D eigenvalue weighted by Crippen LogP contribution is -2.02. The largest absolute Gasteiger partial charge is 0.355 e. The van der Waals surface area contributed by atoms with Crippen LogP contribution < -0.4 is 5.57 Å². The summed E-state index contributed by atoms with van der Waals surface area (Å²) in [5.74, 6) is 1.07. The lowest BCUT2D eigenvalue weighted by Gasteiger charge is -1.95. The van der Waals surface area contributed by atoms with Gasteiger partial charge in [-0.15, -0.1) is 5.10 Å². The van der Waals surface area contributed by atoms with Crippen LogP contribution in [0.15, 0.2) is 6.33 Å². The fourth-order valence-corrected chi connectivity index (χ4v) is 1.90. The van der Waals surface area contributed by atoms with Crippen LogP contribution in [0.25, 0.3) is 0 Å². The van der Waals surface area contributed by atoms with Crippen LogP contribution in [0.5, 0.6) is 0 Å². The second-order valence-electron chi connectivity index (χ2n) is 2.34. The molecule has 6 heteroatoms. The number of hydrogen-bond donors (Lipinski definition) is 0. The maximum Gasteiger partial charge on any atom is 0.198 e. The normalized spacial score (nSPS) is 11.5. The van der Waals surface area contributed by atoms with Crippen LogP contribution in [0.3, 0.4) is 0 Å². The third-order valence-corrected chi connectivity index (χ3v) is 3.08. The maximum atomic E-state index is 5.22. The van der Waals surface area contributed by atoms with Crippen LogP contribution in [0, 0.1) is 0 Å². The first-order valence-electron chi connectivity index (χ1n) is 4.29. The third-order valence-electron chi connectivity index (χ3n) is 1.21. The number of nitrogens with zero attached hydrogens (tertiary/aromatic N) is 3. The van der Waals surface area contributed by atoms with E-state index >= 15 is 0 Å². The molecule has 1 heterocycles. The Kier molecular flexibility index (Phi) is 5.35. The second-order valence-corrected chi connectivity index (χ2v) is 4.32. The van der Waals surface area contributed by atoms with E-state index in [-0.39, 0.29) is 8.81 Å². The smallest absolute Gasteiger partial charge is 0.198 e. The van der Waals surface area contributed by atoms with Crippen molar-refractivity contribution in [1.82, 2.24) is 14.2 Å². The molecule has 1 aromatic rings. The first kappa shape index (κ1) is 11.0. The summed E-state index contributed by atoms with van der Waals surface area (Å²) in [6.45, 7) is 4.83. The van der Waals surface area contributed by atoms with Gasteiger partial charge in [-0.2, -0.15) is 4.09 Å². The number of aromatic nitrogens is 3. The van der Waals surface area contributed by atoms with E-state index in [1.165, 1.54) is 0 Å². The molecule has 0 N–H and O–H groups in total. The predicted octanol–water partition coefficient (Wildman–Crippen LogP) is 1.44. The molecule has 0 fully saturated rings. The molecule has 1 atom stereocenters. The highest BCUT2D eigenvalue weighted by Crippen LogP contribution is 2.09. The van der Waals surface area contributed by atoms with E-state index in [2.05, 4.69) is 17.0 Å². The Morgan fingerprint density at radius 1 is 1.62 bits per heavy atom. The van der Waals surface area contributed by atoms with Crippen LogP contribution in [0.2, 0.25) is 0 Å². The minimum atomic E-state index is 0.274. The van der Waals surface area contributed by atoms with Crippen LogP contribution in [-0.4, -0.2) is 26.5 Å². The molecule has 1 unspecified atom stereocenters. The number of rotatable bonds is 6. The first-order valence-corrected chi connectivity index (χ1v) is 6.14. The summed E-state index contributed by atoms with van der Waals surface area (Å²) < 4.78 is 7.01. The average Bonchev–Trinajstić information content (AvgIpc) is 2.59. The fourth-order valence-electron chi connectivity index (χ4n) is 0.680. The van der Waals surface area contributed by atoms with E-state index in [1.807, 2.05) is 6.92 Å². The van der Waals surface area contributed by atoms with Crippen LogP contribution in [0.1, 0.15) is 20.3 Å². The van der Waals surface area contributed by atoms with Crippen LogP contribution in [-0.2, 0) is 4.52 Å². The minimum Gasteiger partial charge on any atom is -0.355 e. The molecule has 0 amide bonds. The molecule has 0 radical (unpaired) electrons. The Hall–Kier alpha value is -0.120. The topological polar surface area (TPSA) is 39.9 Å². The minimum absolute atomic E-state index is 0.274. The van der Waals surface area contributed by atoms with E-state index in [1.54, 1.807) is 22.4 Å². The van der Waals surface area contributed by atoms with E-state index in [0.717, 1.165) is 24.3 Å². The van der Waals surface area contributed by atoms with Crippen molar-refractivity contribution in [2.45, 2.75) is 20.3 Å². The Balaban J connectivity index is 2.34. The van der Waals surface area contributed by atoms with E-state index in [4.69, 9.17) is 4.52 Å². The fraction of sp³-hybridized carbons (Fsp3) is 0.714. The highest BCUT2D eigenvalue weighted by molar-refractivity contribution is 7.97. The maximum absolute atomic E-state index is 5.22. The summed E-state index contributed by atoms with van der Waals surface area (Å²) >= 11 is 1.67. The lowest BCUT2D eigenvalue weighted by molar-refractivity contribution is 0.393. The van der Waals surface area contributed by atoms with Crippen molar-refractivity contribution in [3.63, 3.8) is 0 Å². The summed E-state index contributed by atoms with van der Waals surface area (Å²) in [6, 6.07) is 0. The summed E-state index contributed by atoms with van der Waals surface area (Å²) in [6.07, 6.45) is 2.88. The summed E-state index contributed by atoms with van der Waals surface area (Å²) in [4.78, 5) is 4.12. The zero-order chi connectivity index (χ0) is 9.52. The van der Waals surface area contributed by atoms with Gasteiger partial charge in [0.15, 0.2) is 5.57 Å². The average molecular weight is 219 g/mol. The molecule has 13 heavy (non-hydrogen) atoms. The highest BCUT2D eigenvalue weighted by atomic mass is 32.2. The van der Waals surface area contributed by atoms with E-state index in [0.29, 0.717) is 0 Å². The zero-order valence-corrected chi connectivity index (χ0v) is 9.67. The van der Waals surface area contributed by atoms with Crippen LogP contribution in [0.4, 0.5) is 0 Å². The molecule has 4 nitrogen and oxygen atoms in total. The van der Waals surface area contributed by atoms with Gasteiger partial charge in [-0.25, -0.2) is 4.98 Å². The number of hydrogen-bond acceptors (Lipinski definition) is 4. The molecular formula is C7H14N3OPS. The second kappa shape index (κ2) is 6.35. The third kappa shape index (κ3) is 4.07. The zero-order valence-electron chi connectivity index (χ0n) is 7.86. The first-order chi connectivity index (χ1) is 6.36. The van der Waals surface area contributed by atoms with Gasteiger partial charge in [0.05, 0.1) is 8.81 Å². The lowest BCUT2D eigenvalue weighted by atomic mass is 10.6. The molecule has 74 valence electrons. The van der Waals surface area contributed by atoms with Gasteiger partial charge >= 0.3 is 0 Å². The predicted molar refractivity (Wildman–Crippen MR) is 57.7 cm³/mol. The summed E-state index contributed by atoms with van der Waals surface area (Å²) in [7, 11) is 0.274. The van der Waals surface area contributed by atoms with Crippen molar-refractivity contribution >= 4 is 26.3 Å². The molecule has 0 bridgehead atoms. The highest BCUT2D eigenvalue weighted by Gasteiger charge is 2.00. The van der Waals surface area contributed by atoms with Crippen molar-refractivity contribution in [2.75, 3.05) is 12.4 Å². The van der Waals surface area contributed by atoms with Crippen molar-refractivity contribution in [3.05, 3.63) is 6.33 Å². The van der Waals surface area contributed by atoms with Gasteiger partial charge in [-0.3, -0.25) is 0 Å². The van der Waals surface area contributed by atoms with E-state index < -0.39 is 0 Å². The van der Waals surface area contributed by atoms with Crippen molar-refractivity contribution in [3.8, 4) is 0 Å². The molecule has 1 aromatic heterocycles. The Labute approximate surface area is 84.5 Å². The molecule has 0 aliphatic rings. The monoisotopic (exact) mass is 219 g/mol. The van der Waals surface area contributed by atoms with Crippen molar-refractivity contribution in [1.29, 1.82) is 0 Å². The van der Waals surface area contributed by atoms with Gasteiger partial charge in [0.25, 0.3) is 0 Å². The van der Waals surface area contributed by atoms with Gasteiger partial charge in [0, 0.05) is 12.4 Å². The van der Waals surface area contributed by atoms with Crippen molar-refractivity contribution in [2.24, 2.45) is 0 Å². The summed E-state index contributed by atoms with van der Waals surface area (Å²) in [5.41, 5.74) is 0.783. The van der Waals surface area contributed by atoms with Gasteiger partial charge in [0.2, 0.25) is 0 Å². The SMILES string of the molecule is CCCSn1cnc(POCC)n1. The van der Waals surface area contributed by atoms with Gasteiger partial charge in [-0.1, -0.05) is 6.92 Å². The molecule has 0 aliphatic carbocycles. The van der Waals surface area contributed by atoms with E-state index in [9.17, 15) is 0 Å². The molecular weight excluding hydrogens is 205 g/mol. The molecule has 0 aromatic carbocycles. The molecule has 0 saturated heterocycles. The Morgan fingerprint density at radius 3 is 3.15 bits per heavy atom. The Morgan fingerprint density at radius 2 is 2.46 bits per heavy atom. The summed E-state index contributed by atoms with van der Waals surface area (Å²) in [5, 5.41) is 4.24. The van der Waals surface area contributed by atoms with Crippen LogP contribution >= 0.6 is 20.8 Å². The quantitative estimate of drug-likeness (QED) is 0.679. The molecule has 1 rings (SSSR count). The van der Waals surface area contributed by atoms with Gasteiger partial charge in [-0.05, 0) is 25.3 Å².